The SMILES string of the molecule is CC(=O)N(c1ccccc1)c1nc(C=CC(=O)N(Cc2ccccn2)c2ccc(Cl)cc2)cs1. The lowest BCUT2D eigenvalue weighted by molar-refractivity contribution is -0.116. The third kappa shape index (κ3) is 5.75. The minimum absolute atomic E-state index is 0.142. The van der Waals surface area contributed by atoms with Gasteiger partial charge in [0.2, 0.25) is 5.91 Å². The van der Waals surface area contributed by atoms with Gasteiger partial charge in [0, 0.05) is 35.3 Å². The lowest BCUT2D eigenvalue weighted by Gasteiger charge is -2.21. The van der Waals surface area contributed by atoms with Gasteiger partial charge in [-0.05, 0) is 54.6 Å². The van der Waals surface area contributed by atoms with Crippen molar-refractivity contribution in [3.63, 3.8) is 0 Å². The zero-order valence-electron chi connectivity index (χ0n) is 18.3. The maximum Gasteiger partial charge on any atom is 0.251 e. The van der Waals surface area contributed by atoms with Gasteiger partial charge in [-0.3, -0.25) is 19.5 Å². The number of pyridine rings is 1. The van der Waals surface area contributed by atoms with E-state index in [0.29, 0.717) is 28.1 Å². The quantitative estimate of drug-likeness (QED) is 0.294. The van der Waals surface area contributed by atoms with Crippen LogP contribution in [0.1, 0.15) is 18.3 Å². The highest BCUT2D eigenvalue weighted by molar-refractivity contribution is 7.14. The Morgan fingerprint density at radius 3 is 2.38 bits per heavy atom. The first kappa shape index (κ1) is 23.4. The third-order valence-corrected chi connectivity index (χ3v) is 5.97. The summed E-state index contributed by atoms with van der Waals surface area (Å²) in [4.78, 5) is 37.5. The van der Waals surface area contributed by atoms with E-state index in [0.717, 1.165) is 11.4 Å². The fourth-order valence-electron chi connectivity index (χ4n) is 3.28. The van der Waals surface area contributed by atoms with Crippen LogP contribution in [0.25, 0.3) is 6.08 Å². The number of para-hydroxylation sites is 1. The molecule has 0 fully saturated rings. The molecule has 2 amide bonds. The number of aromatic nitrogens is 2. The van der Waals surface area contributed by atoms with Crippen molar-refractivity contribution >= 4 is 57.3 Å². The number of anilines is 3. The van der Waals surface area contributed by atoms with Crippen molar-refractivity contribution in [2.45, 2.75) is 13.5 Å². The highest BCUT2D eigenvalue weighted by atomic mass is 35.5. The lowest BCUT2D eigenvalue weighted by atomic mass is 10.2. The van der Waals surface area contributed by atoms with Crippen molar-refractivity contribution in [1.29, 1.82) is 0 Å². The number of carbonyl (C=O) groups is 2. The normalized spacial score (nSPS) is 10.9. The predicted octanol–water partition coefficient (Wildman–Crippen LogP) is 6.12. The topological polar surface area (TPSA) is 66.4 Å². The Bertz CT molecular complexity index is 1290. The number of rotatable bonds is 7. The Kier molecular flexibility index (Phi) is 7.47. The van der Waals surface area contributed by atoms with E-state index in [9.17, 15) is 9.59 Å². The second-order valence-corrected chi connectivity index (χ2v) is 8.57. The molecule has 4 rings (SSSR count). The molecular formula is C26H21ClN4O2S. The van der Waals surface area contributed by atoms with Crippen LogP contribution < -0.4 is 9.80 Å². The van der Waals surface area contributed by atoms with Crippen LogP contribution in [-0.2, 0) is 16.1 Å². The maximum absolute atomic E-state index is 13.2. The van der Waals surface area contributed by atoms with Crippen LogP contribution in [-0.4, -0.2) is 21.8 Å². The largest absolute Gasteiger partial charge is 0.303 e. The Balaban J connectivity index is 1.56. The third-order valence-electron chi connectivity index (χ3n) is 4.88. The van der Waals surface area contributed by atoms with E-state index >= 15 is 0 Å². The molecular weight excluding hydrogens is 468 g/mol. The van der Waals surface area contributed by atoms with Crippen LogP contribution in [0.5, 0.6) is 0 Å². The molecule has 4 aromatic rings. The number of halogens is 1. The van der Waals surface area contributed by atoms with Crippen molar-refractivity contribution < 1.29 is 9.59 Å². The first-order valence-corrected chi connectivity index (χ1v) is 11.7. The number of nitrogens with zero attached hydrogens (tertiary/aromatic N) is 4. The van der Waals surface area contributed by atoms with E-state index in [-0.39, 0.29) is 11.8 Å². The summed E-state index contributed by atoms with van der Waals surface area (Å²) in [5.41, 5.74) is 2.79. The number of carbonyl (C=O) groups excluding carboxylic acids is 2. The van der Waals surface area contributed by atoms with E-state index in [1.54, 1.807) is 46.3 Å². The van der Waals surface area contributed by atoms with Crippen LogP contribution in [0.15, 0.2) is 90.4 Å². The zero-order chi connectivity index (χ0) is 23.9. The average molecular weight is 489 g/mol. The fraction of sp³-hybridized carbons (Fsp3) is 0.0769. The highest BCUT2D eigenvalue weighted by Gasteiger charge is 2.18. The standard InChI is InChI=1S/C26H21ClN4O2S/c1-19(32)31(24-8-3-2-4-9-24)26-29-22(18-34-26)12-15-25(33)30(17-21-7-5-6-16-28-21)23-13-10-20(27)11-14-23/h2-16,18H,17H2,1H3. The zero-order valence-corrected chi connectivity index (χ0v) is 19.9. The number of hydrogen-bond donors (Lipinski definition) is 0. The Morgan fingerprint density at radius 2 is 1.71 bits per heavy atom. The smallest absolute Gasteiger partial charge is 0.251 e. The summed E-state index contributed by atoms with van der Waals surface area (Å²) in [6.45, 7) is 1.80. The first-order valence-electron chi connectivity index (χ1n) is 10.5. The van der Waals surface area contributed by atoms with Gasteiger partial charge in [-0.25, -0.2) is 4.98 Å². The summed E-state index contributed by atoms with van der Waals surface area (Å²) < 4.78 is 0. The van der Waals surface area contributed by atoms with Crippen LogP contribution in [0.3, 0.4) is 0 Å². The van der Waals surface area contributed by atoms with Crippen LogP contribution in [0.2, 0.25) is 5.02 Å². The van der Waals surface area contributed by atoms with Gasteiger partial charge in [0.25, 0.3) is 5.91 Å². The average Bonchev–Trinajstić information content (AvgIpc) is 3.31. The molecule has 0 saturated carbocycles. The Labute approximate surface area is 206 Å². The molecule has 0 spiro atoms. The summed E-state index contributed by atoms with van der Waals surface area (Å²) in [5.74, 6) is -0.370. The Hall–Kier alpha value is -3.81. The van der Waals surface area contributed by atoms with Crippen molar-refractivity contribution in [3.8, 4) is 0 Å². The van der Waals surface area contributed by atoms with Gasteiger partial charge in [-0.15, -0.1) is 11.3 Å². The van der Waals surface area contributed by atoms with Gasteiger partial charge in [0.1, 0.15) is 0 Å². The molecule has 0 aliphatic carbocycles. The van der Waals surface area contributed by atoms with Gasteiger partial charge >= 0.3 is 0 Å². The molecule has 0 aliphatic rings. The van der Waals surface area contributed by atoms with Crippen LogP contribution >= 0.6 is 22.9 Å². The molecule has 2 aromatic heterocycles. The fourth-order valence-corrected chi connectivity index (χ4v) is 4.26. The van der Waals surface area contributed by atoms with E-state index in [1.807, 2.05) is 53.9 Å². The van der Waals surface area contributed by atoms with Crippen molar-refractivity contribution in [3.05, 3.63) is 107 Å². The highest BCUT2D eigenvalue weighted by Crippen LogP contribution is 2.29. The molecule has 0 bridgehead atoms. The number of benzene rings is 2. The summed E-state index contributed by atoms with van der Waals surface area (Å²) in [5, 5.41) is 2.94. The van der Waals surface area contributed by atoms with Gasteiger partial charge in [0.05, 0.1) is 23.6 Å². The van der Waals surface area contributed by atoms with Crippen molar-refractivity contribution in [1.82, 2.24) is 9.97 Å². The van der Waals surface area contributed by atoms with E-state index in [1.165, 1.54) is 24.3 Å². The second kappa shape index (κ2) is 10.9. The van der Waals surface area contributed by atoms with Crippen molar-refractivity contribution in [2.75, 3.05) is 9.80 Å². The van der Waals surface area contributed by atoms with Gasteiger partial charge < -0.3 is 4.90 Å². The summed E-state index contributed by atoms with van der Waals surface area (Å²) in [7, 11) is 0. The number of hydrogen-bond acceptors (Lipinski definition) is 5. The summed E-state index contributed by atoms with van der Waals surface area (Å²) in [6, 6.07) is 22.0. The molecule has 2 aromatic carbocycles. The van der Waals surface area contributed by atoms with E-state index in [2.05, 4.69) is 9.97 Å². The van der Waals surface area contributed by atoms with E-state index in [4.69, 9.17) is 11.6 Å². The van der Waals surface area contributed by atoms with Crippen LogP contribution in [0.4, 0.5) is 16.5 Å². The molecule has 170 valence electrons. The predicted molar refractivity (Wildman–Crippen MR) is 137 cm³/mol. The molecule has 0 atom stereocenters. The molecule has 0 unspecified atom stereocenters. The molecule has 2 heterocycles. The maximum atomic E-state index is 13.2. The van der Waals surface area contributed by atoms with Gasteiger partial charge in [-0.1, -0.05) is 35.9 Å². The van der Waals surface area contributed by atoms with Gasteiger partial charge in [0.15, 0.2) is 5.13 Å². The molecule has 34 heavy (non-hydrogen) atoms. The second-order valence-electron chi connectivity index (χ2n) is 7.30. The van der Waals surface area contributed by atoms with Crippen molar-refractivity contribution in [2.24, 2.45) is 0 Å². The molecule has 0 aliphatic heterocycles. The van der Waals surface area contributed by atoms with Gasteiger partial charge in [-0.2, -0.15) is 0 Å². The summed E-state index contributed by atoms with van der Waals surface area (Å²) in [6.07, 6.45) is 4.81. The molecule has 0 radical (unpaired) electrons. The monoisotopic (exact) mass is 488 g/mol. The molecule has 8 heteroatoms. The lowest BCUT2D eigenvalue weighted by Crippen LogP contribution is -2.29. The molecule has 0 N–H and O–H groups in total. The van der Waals surface area contributed by atoms with Crippen LogP contribution in [0, 0.1) is 0 Å². The first-order chi connectivity index (χ1) is 16.5. The minimum Gasteiger partial charge on any atom is -0.303 e. The Morgan fingerprint density at radius 1 is 0.971 bits per heavy atom. The van der Waals surface area contributed by atoms with E-state index < -0.39 is 0 Å². The number of amides is 2. The minimum atomic E-state index is -0.228. The molecule has 0 saturated heterocycles. The number of thiazole rings is 1. The summed E-state index contributed by atoms with van der Waals surface area (Å²) >= 11 is 7.36. The molecule has 6 nitrogen and oxygen atoms in total.